The van der Waals surface area contributed by atoms with E-state index in [4.69, 9.17) is 0 Å². The zero-order valence-electron chi connectivity index (χ0n) is 35.5. The Hall–Kier alpha value is -8.46. The molecule has 0 spiro atoms. The lowest BCUT2D eigenvalue weighted by Crippen LogP contribution is -2.09. The Bertz CT molecular complexity index is 2800. The fourth-order valence-electron chi connectivity index (χ4n) is 8.77. The Morgan fingerprint density at radius 2 is 0.438 bits per heavy atom. The monoisotopic (exact) mass is 818 g/mol. The van der Waals surface area contributed by atoms with Crippen molar-refractivity contribution in [3.05, 3.63) is 301 Å². The second kappa shape index (κ2) is 18.7. The first-order valence-electron chi connectivity index (χ1n) is 21.9. The van der Waals surface area contributed by atoms with Crippen LogP contribution in [0.5, 0.6) is 0 Å². The van der Waals surface area contributed by atoms with Crippen LogP contribution < -0.4 is 9.80 Å². The van der Waals surface area contributed by atoms with E-state index in [1.807, 2.05) is 0 Å². The maximum atomic E-state index is 2.31. The third kappa shape index (κ3) is 8.29. The minimum Gasteiger partial charge on any atom is -0.311 e. The highest BCUT2D eigenvalue weighted by Crippen LogP contribution is 2.45. The molecule has 2 heteroatoms. The molecule has 0 saturated heterocycles. The van der Waals surface area contributed by atoms with Crippen molar-refractivity contribution in [2.45, 2.75) is 0 Å². The molecular formula is C62H46N2. The van der Waals surface area contributed by atoms with Crippen molar-refractivity contribution in [2.75, 3.05) is 9.80 Å². The Labute approximate surface area is 377 Å². The molecule has 64 heavy (non-hydrogen) atoms. The minimum absolute atomic E-state index is 1.10. The van der Waals surface area contributed by atoms with Gasteiger partial charge in [-0.3, -0.25) is 0 Å². The molecule has 0 radical (unpaired) electrons. The second-order valence-corrected chi connectivity index (χ2v) is 15.7. The summed E-state index contributed by atoms with van der Waals surface area (Å²) in [7, 11) is 0. The van der Waals surface area contributed by atoms with Gasteiger partial charge in [-0.25, -0.2) is 0 Å². The first-order valence-corrected chi connectivity index (χ1v) is 21.9. The Morgan fingerprint density at radius 3 is 0.734 bits per heavy atom. The molecule has 0 heterocycles. The van der Waals surface area contributed by atoms with Crippen LogP contribution in [0.4, 0.5) is 34.1 Å². The van der Waals surface area contributed by atoms with Crippen molar-refractivity contribution in [1.82, 2.24) is 0 Å². The molecule has 0 unspecified atom stereocenters. The number of hydrogen-bond acceptors (Lipinski definition) is 2. The molecule has 0 bridgehead atoms. The quantitative estimate of drug-likeness (QED) is 0.113. The van der Waals surface area contributed by atoms with Crippen LogP contribution in [0.1, 0.15) is 22.3 Å². The molecule has 0 N–H and O–H groups in total. The van der Waals surface area contributed by atoms with Gasteiger partial charge >= 0.3 is 0 Å². The molecule has 0 aliphatic heterocycles. The summed E-state index contributed by atoms with van der Waals surface area (Å²) in [6.07, 6.45) is 0. The highest BCUT2D eigenvalue weighted by atomic mass is 15.1. The van der Waals surface area contributed by atoms with E-state index < -0.39 is 0 Å². The second-order valence-electron chi connectivity index (χ2n) is 15.7. The molecule has 0 atom stereocenters. The Kier molecular flexibility index (Phi) is 11.6. The molecule has 0 aromatic heterocycles. The van der Waals surface area contributed by atoms with E-state index in [1.165, 1.54) is 11.1 Å². The maximum Gasteiger partial charge on any atom is 0.0462 e. The molecule has 10 aromatic carbocycles. The van der Waals surface area contributed by atoms with Gasteiger partial charge in [0.1, 0.15) is 0 Å². The molecular weight excluding hydrogens is 773 g/mol. The number of nitrogens with zero attached hydrogens (tertiary/aromatic N) is 2. The fourth-order valence-corrected chi connectivity index (χ4v) is 8.77. The van der Waals surface area contributed by atoms with Gasteiger partial charge in [0, 0.05) is 34.1 Å². The van der Waals surface area contributed by atoms with Crippen LogP contribution in [0, 0.1) is 0 Å². The molecule has 0 amide bonds. The Balaban J connectivity index is 1.13. The molecule has 0 fully saturated rings. The van der Waals surface area contributed by atoms with Gasteiger partial charge in [-0.15, -0.1) is 0 Å². The van der Waals surface area contributed by atoms with Crippen LogP contribution in [0.15, 0.2) is 279 Å². The zero-order valence-corrected chi connectivity index (χ0v) is 35.5. The number of rotatable bonds is 12. The van der Waals surface area contributed by atoms with Crippen molar-refractivity contribution in [3.63, 3.8) is 0 Å². The Morgan fingerprint density at radius 1 is 0.203 bits per heavy atom. The van der Waals surface area contributed by atoms with Crippen molar-refractivity contribution in [2.24, 2.45) is 0 Å². The van der Waals surface area contributed by atoms with Crippen LogP contribution in [0.2, 0.25) is 0 Å². The smallest absolute Gasteiger partial charge is 0.0462 e. The van der Waals surface area contributed by atoms with Gasteiger partial charge in [0.15, 0.2) is 0 Å². The van der Waals surface area contributed by atoms with E-state index in [2.05, 4.69) is 289 Å². The highest BCUT2D eigenvalue weighted by Gasteiger charge is 2.22. The van der Waals surface area contributed by atoms with Gasteiger partial charge in [-0.05, 0) is 128 Å². The average molecular weight is 819 g/mol. The predicted octanol–water partition coefficient (Wildman–Crippen LogP) is 17.0. The minimum atomic E-state index is 1.10. The van der Waals surface area contributed by atoms with Gasteiger partial charge in [0.25, 0.3) is 0 Å². The van der Waals surface area contributed by atoms with E-state index in [0.717, 1.165) is 78.6 Å². The van der Waals surface area contributed by atoms with E-state index in [0.29, 0.717) is 0 Å². The summed E-state index contributed by atoms with van der Waals surface area (Å²) in [5.74, 6) is 0. The van der Waals surface area contributed by atoms with Gasteiger partial charge in [-0.2, -0.15) is 0 Å². The van der Waals surface area contributed by atoms with Gasteiger partial charge < -0.3 is 9.80 Å². The first-order chi connectivity index (χ1) is 31.8. The summed E-state index contributed by atoms with van der Waals surface area (Å²) in [5.41, 5.74) is 18.2. The maximum absolute atomic E-state index is 2.31. The van der Waals surface area contributed by atoms with Crippen molar-refractivity contribution in [1.29, 1.82) is 0 Å². The van der Waals surface area contributed by atoms with E-state index in [1.54, 1.807) is 0 Å². The summed E-state index contributed by atoms with van der Waals surface area (Å²) in [4.78, 5) is 4.62. The molecule has 0 saturated carbocycles. The molecule has 10 aromatic rings. The van der Waals surface area contributed by atoms with E-state index >= 15 is 0 Å². The first kappa shape index (κ1) is 39.7. The van der Waals surface area contributed by atoms with Gasteiger partial charge in [0.05, 0.1) is 0 Å². The normalized spacial score (nSPS) is 11.4. The SMILES string of the molecule is c1ccc(C(=C(c2ccccc2)c2ccccc2-c2ccc(N(c3ccccc3)c3ccccc3)cc2)c2ccccc2-c2ccc(N(c3ccccc3)c3ccccc3)cc2)cc1. The summed E-state index contributed by atoms with van der Waals surface area (Å²) in [5, 5.41) is 0. The number of hydrogen-bond donors (Lipinski definition) is 0. The lowest BCUT2D eigenvalue weighted by Gasteiger charge is -2.26. The standard InChI is InChI=1S/C62H46N2/c1-7-23-49(24-8-1)61(59-37-21-19-35-57(59)47-39-43-55(44-40-47)63(51-27-11-3-12-28-51)52-29-13-4-14-30-52)62(50-25-9-2-10-26-50)60-38-22-20-36-58(60)48-41-45-56(46-42-48)64(53-31-15-5-16-32-53)54-33-17-6-18-34-54/h1-46H. The van der Waals surface area contributed by atoms with Crippen LogP contribution in [-0.2, 0) is 0 Å². The topological polar surface area (TPSA) is 6.48 Å². The largest absolute Gasteiger partial charge is 0.311 e. The summed E-state index contributed by atoms with van der Waals surface area (Å²) in [6, 6.07) is 99.8. The molecule has 2 nitrogen and oxygen atoms in total. The third-order valence-corrected chi connectivity index (χ3v) is 11.7. The van der Waals surface area contributed by atoms with E-state index in [-0.39, 0.29) is 0 Å². The number of benzene rings is 10. The molecule has 10 rings (SSSR count). The van der Waals surface area contributed by atoms with Crippen molar-refractivity contribution >= 4 is 45.3 Å². The zero-order chi connectivity index (χ0) is 42.9. The summed E-state index contributed by atoms with van der Waals surface area (Å²) >= 11 is 0. The number of anilines is 6. The van der Waals surface area contributed by atoms with Crippen molar-refractivity contribution in [3.8, 4) is 22.3 Å². The van der Waals surface area contributed by atoms with Crippen LogP contribution >= 0.6 is 0 Å². The fraction of sp³-hybridized carbons (Fsp3) is 0. The van der Waals surface area contributed by atoms with Gasteiger partial charge in [0.2, 0.25) is 0 Å². The molecule has 0 aliphatic carbocycles. The average Bonchev–Trinajstić information content (AvgIpc) is 3.38. The van der Waals surface area contributed by atoms with Crippen molar-refractivity contribution < 1.29 is 0 Å². The predicted molar refractivity (Wildman–Crippen MR) is 271 cm³/mol. The lowest BCUT2D eigenvalue weighted by atomic mass is 9.81. The van der Waals surface area contributed by atoms with Crippen LogP contribution in [-0.4, -0.2) is 0 Å². The van der Waals surface area contributed by atoms with Crippen LogP contribution in [0.3, 0.4) is 0 Å². The molecule has 304 valence electrons. The molecule has 0 aliphatic rings. The summed E-state index contributed by atoms with van der Waals surface area (Å²) < 4.78 is 0. The van der Waals surface area contributed by atoms with Gasteiger partial charge in [-0.1, -0.05) is 206 Å². The van der Waals surface area contributed by atoms with Crippen LogP contribution in [0.25, 0.3) is 33.4 Å². The number of para-hydroxylation sites is 4. The lowest BCUT2D eigenvalue weighted by molar-refractivity contribution is 1.28. The summed E-state index contributed by atoms with van der Waals surface area (Å²) in [6.45, 7) is 0. The highest BCUT2D eigenvalue weighted by molar-refractivity contribution is 6.09. The van der Waals surface area contributed by atoms with E-state index in [9.17, 15) is 0 Å². The third-order valence-electron chi connectivity index (χ3n) is 11.7.